The first-order valence-electron chi connectivity index (χ1n) is 8.81. The highest BCUT2D eigenvalue weighted by molar-refractivity contribution is 5.43. The molecule has 140 valence electrons. The second-order valence-electron chi connectivity index (χ2n) is 6.47. The lowest BCUT2D eigenvalue weighted by Crippen LogP contribution is -2.24. The average molecular weight is 366 g/mol. The average Bonchev–Trinajstić information content (AvgIpc) is 2.92. The summed E-state index contributed by atoms with van der Waals surface area (Å²) in [6.07, 6.45) is 1.49. The van der Waals surface area contributed by atoms with Gasteiger partial charge >= 0.3 is 5.56 Å². The fraction of sp³-hybridized carbons (Fsp3) is 0.316. The van der Waals surface area contributed by atoms with Gasteiger partial charge in [0.2, 0.25) is 5.95 Å². The van der Waals surface area contributed by atoms with Crippen molar-refractivity contribution in [3.8, 4) is 5.95 Å². The van der Waals surface area contributed by atoms with E-state index >= 15 is 0 Å². The van der Waals surface area contributed by atoms with Gasteiger partial charge in [0, 0.05) is 5.56 Å². The van der Waals surface area contributed by atoms with E-state index in [9.17, 15) is 9.59 Å². The van der Waals surface area contributed by atoms with Crippen LogP contribution in [0.5, 0.6) is 0 Å². The number of H-pyrrole nitrogens is 2. The molecule has 0 aliphatic heterocycles. The van der Waals surface area contributed by atoms with Crippen LogP contribution in [0.2, 0.25) is 0 Å². The van der Waals surface area contributed by atoms with Gasteiger partial charge in [0.1, 0.15) is 0 Å². The van der Waals surface area contributed by atoms with Crippen molar-refractivity contribution >= 4 is 11.4 Å². The molecule has 3 rings (SSSR count). The van der Waals surface area contributed by atoms with Gasteiger partial charge in [-0.05, 0) is 39.3 Å². The van der Waals surface area contributed by atoms with Gasteiger partial charge in [0.15, 0.2) is 5.69 Å². The molecular weight excluding hydrogens is 344 g/mol. The maximum absolute atomic E-state index is 12.7. The third kappa shape index (κ3) is 3.79. The number of nitrogens with one attached hydrogen (secondary N) is 2. The number of azo groups is 1. The molecule has 0 saturated carbocycles. The van der Waals surface area contributed by atoms with E-state index in [1.165, 1.54) is 4.68 Å². The first kappa shape index (κ1) is 18.5. The van der Waals surface area contributed by atoms with Crippen molar-refractivity contribution in [3.05, 3.63) is 67.5 Å². The van der Waals surface area contributed by atoms with Crippen LogP contribution in [-0.4, -0.2) is 19.7 Å². The monoisotopic (exact) mass is 366 g/mol. The van der Waals surface area contributed by atoms with E-state index in [1.54, 1.807) is 13.8 Å². The maximum atomic E-state index is 12.7. The smallest absolute Gasteiger partial charge is 0.291 e. The Balaban J connectivity index is 2.00. The summed E-state index contributed by atoms with van der Waals surface area (Å²) in [4.78, 5) is 32.1. The Bertz CT molecular complexity index is 1100. The lowest BCUT2D eigenvalue weighted by atomic mass is 10.1. The SMILES string of the molecule is CCCc1c(C)nc(-n2[nH]c(C)c(N=Nc3ccc(C)cc3)c2=O)[nH]c1=O. The summed E-state index contributed by atoms with van der Waals surface area (Å²) < 4.78 is 1.18. The predicted molar refractivity (Wildman–Crippen MR) is 104 cm³/mol. The lowest BCUT2D eigenvalue weighted by molar-refractivity contribution is 0.749. The van der Waals surface area contributed by atoms with E-state index in [4.69, 9.17) is 0 Å². The molecule has 0 saturated heterocycles. The normalized spacial score (nSPS) is 11.4. The summed E-state index contributed by atoms with van der Waals surface area (Å²) in [7, 11) is 0. The van der Waals surface area contributed by atoms with Gasteiger partial charge < -0.3 is 0 Å². The van der Waals surface area contributed by atoms with E-state index in [0.29, 0.717) is 29.1 Å². The molecule has 0 aliphatic rings. The van der Waals surface area contributed by atoms with E-state index in [1.807, 2.05) is 38.1 Å². The minimum absolute atomic E-state index is 0.141. The van der Waals surface area contributed by atoms with Crippen molar-refractivity contribution in [1.29, 1.82) is 0 Å². The van der Waals surface area contributed by atoms with E-state index < -0.39 is 5.56 Å². The van der Waals surface area contributed by atoms with Crippen LogP contribution in [0.3, 0.4) is 0 Å². The Morgan fingerprint density at radius 2 is 1.78 bits per heavy atom. The van der Waals surface area contributed by atoms with Gasteiger partial charge in [-0.25, -0.2) is 4.98 Å². The van der Waals surface area contributed by atoms with Crippen molar-refractivity contribution in [2.45, 2.75) is 40.5 Å². The topological polar surface area (TPSA) is 108 Å². The standard InChI is InChI=1S/C19H22N6O2/c1-5-6-15-12(3)20-19(21-17(15)26)25-18(27)16(13(4)24-25)23-22-14-9-7-11(2)8-10-14/h7-10,24H,5-6H2,1-4H3,(H,20,21,26). The van der Waals surface area contributed by atoms with Crippen LogP contribution in [0.4, 0.5) is 11.4 Å². The number of aromatic nitrogens is 4. The van der Waals surface area contributed by atoms with E-state index in [2.05, 4.69) is 25.3 Å². The van der Waals surface area contributed by atoms with Crippen molar-refractivity contribution in [2.75, 3.05) is 0 Å². The van der Waals surface area contributed by atoms with Gasteiger partial charge in [-0.2, -0.15) is 9.80 Å². The number of rotatable bonds is 5. The molecule has 0 amide bonds. The number of aryl methyl sites for hydroxylation is 3. The van der Waals surface area contributed by atoms with Crippen LogP contribution < -0.4 is 11.1 Å². The molecule has 8 nitrogen and oxygen atoms in total. The number of benzene rings is 1. The van der Waals surface area contributed by atoms with Crippen LogP contribution in [0, 0.1) is 20.8 Å². The summed E-state index contributed by atoms with van der Waals surface area (Å²) >= 11 is 0. The van der Waals surface area contributed by atoms with Gasteiger partial charge in [0.05, 0.1) is 17.1 Å². The fourth-order valence-corrected chi connectivity index (χ4v) is 2.77. The first-order chi connectivity index (χ1) is 12.9. The van der Waals surface area contributed by atoms with Gasteiger partial charge in [-0.1, -0.05) is 31.0 Å². The molecule has 3 aromatic rings. The highest BCUT2D eigenvalue weighted by Crippen LogP contribution is 2.18. The van der Waals surface area contributed by atoms with Crippen molar-refractivity contribution < 1.29 is 0 Å². The number of hydrogen-bond donors (Lipinski definition) is 2. The van der Waals surface area contributed by atoms with E-state index in [0.717, 1.165) is 12.0 Å². The van der Waals surface area contributed by atoms with E-state index in [-0.39, 0.29) is 17.2 Å². The molecular formula is C19H22N6O2. The second kappa shape index (κ2) is 7.53. The Labute approximate surface area is 156 Å². The molecule has 0 bridgehead atoms. The van der Waals surface area contributed by atoms with Crippen LogP contribution in [-0.2, 0) is 6.42 Å². The van der Waals surface area contributed by atoms with Crippen molar-refractivity contribution in [1.82, 2.24) is 19.7 Å². The summed E-state index contributed by atoms with van der Waals surface area (Å²) in [5.41, 5.74) is 3.07. The first-order valence-corrected chi connectivity index (χ1v) is 8.81. The predicted octanol–water partition coefficient (Wildman–Crippen LogP) is 3.54. The maximum Gasteiger partial charge on any atom is 0.301 e. The third-order valence-corrected chi connectivity index (χ3v) is 4.26. The molecule has 1 aromatic carbocycles. The van der Waals surface area contributed by atoms with Crippen LogP contribution >= 0.6 is 0 Å². The molecule has 0 atom stereocenters. The van der Waals surface area contributed by atoms with Crippen molar-refractivity contribution in [2.24, 2.45) is 10.2 Å². The molecule has 27 heavy (non-hydrogen) atoms. The molecule has 0 fully saturated rings. The van der Waals surface area contributed by atoms with Crippen LogP contribution in [0.15, 0.2) is 44.1 Å². The molecule has 0 aliphatic carbocycles. The molecule has 8 heteroatoms. The molecule has 2 aromatic heterocycles. The van der Waals surface area contributed by atoms with Gasteiger partial charge in [-0.3, -0.25) is 19.7 Å². The van der Waals surface area contributed by atoms with Gasteiger partial charge in [-0.15, -0.1) is 5.11 Å². The molecule has 0 spiro atoms. The minimum atomic E-state index is -0.422. The highest BCUT2D eigenvalue weighted by atomic mass is 16.1. The number of aromatic amines is 2. The Kier molecular flexibility index (Phi) is 5.16. The third-order valence-electron chi connectivity index (χ3n) is 4.26. The summed E-state index contributed by atoms with van der Waals surface area (Å²) in [5.74, 6) is 0.141. The summed E-state index contributed by atoms with van der Waals surface area (Å²) in [6.45, 7) is 7.47. The number of nitrogens with zero attached hydrogens (tertiary/aromatic N) is 4. The second-order valence-corrected chi connectivity index (χ2v) is 6.47. The molecule has 0 unspecified atom stereocenters. The number of hydrogen-bond acceptors (Lipinski definition) is 5. The summed E-state index contributed by atoms with van der Waals surface area (Å²) in [5, 5.41) is 11.1. The van der Waals surface area contributed by atoms with Crippen molar-refractivity contribution in [3.63, 3.8) is 0 Å². The van der Waals surface area contributed by atoms with Crippen LogP contribution in [0.1, 0.15) is 35.9 Å². The minimum Gasteiger partial charge on any atom is -0.291 e. The Morgan fingerprint density at radius 3 is 2.41 bits per heavy atom. The molecule has 0 radical (unpaired) electrons. The largest absolute Gasteiger partial charge is 0.301 e. The Hall–Kier alpha value is -3.29. The fourth-order valence-electron chi connectivity index (χ4n) is 2.77. The highest BCUT2D eigenvalue weighted by Gasteiger charge is 2.15. The quantitative estimate of drug-likeness (QED) is 0.674. The molecule has 2 heterocycles. The zero-order valence-corrected chi connectivity index (χ0v) is 15.8. The summed E-state index contributed by atoms with van der Waals surface area (Å²) in [6, 6.07) is 7.50. The zero-order chi connectivity index (χ0) is 19.6. The van der Waals surface area contributed by atoms with Crippen LogP contribution in [0.25, 0.3) is 5.95 Å². The molecule has 2 N–H and O–H groups in total. The lowest BCUT2D eigenvalue weighted by Gasteiger charge is -2.06. The Morgan fingerprint density at radius 1 is 1.07 bits per heavy atom. The van der Waals surface area contributed by atoms with Gasteiger partial charge in [0.25, 0.3) is 5.56 Å². The zero-order valence-electron chi connectivity index (χ0n) is 15.8.